The van der Waals surface area contributed by atoms with Gasteiger partial charge in [-0.3, -0.25) is 19.1 Å². The van der Waals surface area contributed by atoms with Crippen molar-refractivity contribution in [1.82, 2.24) is 19.7 Å². The van der Waals surface area contributed by atoms with E-state index in [1.54, 1.807) is 0 Å². The van der Waals surface area contributed by atoms with Crippen LogP contribution >= 0.6 is 23.1 Å². The molecular weight excluding hydrogens is 436 g/mol. The minimum atomic E-state index is -0.775. The Labute approximate surface area is 187 Å². The van der Waals surface area contributed by atoms with Gasteiger partial charge in [-0.15, -0.1) is 10.2 Å². The number of rotatable bonds is 8. The van der Waals surface area contributed by atoms with Gasteiger partial charge in [0.2, 0.25) is 5.13 Å². The largest absolute Gasteiger partial charge is 0.384 e. The molecule has 2 aromatic heterocycles. The van der Waals surface area contributed by atoms with Crippen molar-refractivity contribution in [3.63, 3.8) is 0 Å². The van der Waals surface area contributed by atoms with E-state index in [1.807, 2.05) is 45.9 Å². The molecule has 0 radical (unpaired) electrons. The number of aromatic amines is 1. The van der Waals surface area contributed by atoms with Gasteiger partial charge in [-0.05, 0) is 37.0 Å². The van der Waals surface area contributed by atoms with Crippen LogP contribution in [0, 0.1) is 19.8 Å². The van der Waals surface area contributed by atoms with Gasteiger partial charge in [0, 0.05) is 12.2 Å². The molecule has 11 heteroatoms. The number of benzene rings is 1. The molecule has 31 heavy (non-hydrogen) atoms. The highest BCUT2D eigenvalue weighted by Crippen LogP contribution is 2.29. The van der Waals surface area contributed by atoms with Crippen molar-refractivity contribution in [3.05, 3.63) is 55.7 Å². The SMILES string of the molecule is Cc1cccc(Nc2nnc(SCC(=O)c3c(N)n(CC(C)C)c(=O)[nH]c3=O)s2)c1C. The van der Waals surface area contributed by atoms with Crippen molar-refractivity contribution in [2.45, 2.75) is 38.6 Å². The number of anilines is 3. The number of thioether (sulfide) groups is 1. The normalized spacial score (nSPS) is 11.1. The monoisotopic (exact) mass is 460 g/mol. The molecular formula is C20H24N6O3S2. The number of carbonyl (C=O) groups is 1. The molecule has 0 saturated carbocycles. The number of nitrogens with one attached hydrogen (secondary N) is 2. The Hall–Kier alpha value is -2.92. The molecule has 2 heterocycles. The van der Waals surface area contributed by atoms with Gasteiger partial charge < -0.3 is 11.1 Å². The number of ketones is 1. The molecule has 0 aliphatic carbocycles. The zero-order chi connectivity index (χ0) is 22.7. The first-order valence-corrected chi connectivity index (χ1v) is 11.4. The molecule has 0 saturated heterocycles. The molecule has 0 spiro atoms. The summed E-state index contributed by atoms with van der Waals surface area (Å²) in [6.45, 7) is 8.18. The second kappa shape index (κ2) is 9.48. The summed E-state index contributed by atoms with van der Waals surface area (Å²) in [5.41, 5.74) is 7.62. The molecule has 0 bridgehead atoms. The highest BCUT2D eigenvalue weighted by molar-refractivity contribution is 8.01. The summed E-state index contributed by atoms with van der Waals surface area (Å²) in [4.78, 5) is 39.1. The Morgan fingerprint density at radius 1 is 1.29 bits per heavy atom. The number of hydrogen-bond donors (Lipinski definition) is 3. The molecule has 3 aromatic rings. The summed E-state index contributed by atoms with van der Waals surface area (Å²) in [5, 5.41) is 12.0. The lowest BCUT2D eigenvalue weighted by atomic mass is 10.1. The average Bonchev–Trinajstić information content (AvgIpc) is 3.14. The molecule has 0 atom stereocenters. The van der Waals surface area contributed by atoms with E-state index < -0.39 is 17.0 Å². The Bertz CT molecular complexity index is 1230. The predicted molar refractivity (Wildman–Crippen MR) is 125 cm³/mol. The van der Waals surface area contributed by atoms with Gasteiger partial charge in [0.1, 0.15) is 11.4 Å². The lowest BCUT2D eigenvalue weighted by Gasteiger charge is -2.13. The van der Waals surface area contributed by atoms with Gasteiger partial charge in [0.25, 0.3) is 5.56 Å². The van der Waals surface area contributed by atoms with Crippen LogP contribution in [0.3, 0.4) is 0 Å². The third-order valence-electron chi connectivity index (χ3n) is 4.65. The number of H-pyrrole nitrogens is 1. The fourth-order valence-electron chi connectivity index (χ4n) is 2.92. The fraction of sp³-hybridized carbons (Fsp3) is 0.350. The van der Waals surface area contributed by atoms with Crippen molar-refractivity contribution in [1.29, 1.82) is 0 Å². The van der Waals surface area contributed by atoms with E-state index in [-0.39, 0.29) is 23.1 Å². The summed E-state index contributed by atoms with van der Waals surface area (Å²) in [5.74, 6) is -0.513. The number of carbonyl (C=O) groups excluding carboxylic acids is 1. The zero-order valence-electron chi connectivity index (χ0n) is 17.7. The van der Waals surface area contributed by atoms with E-state index >= 15 is 0 Å². The highest BCUT2D eigenvalue weighted by Gasteiger charge is 2.20. The molecule has 9 nitrogen and oxygen atoms in total. The maximum absolute atomic E-state index is 12.7. The number of hydrogen-bond acceptors (Lipinski definition) is 9. The van der Waals surface area contributed by atoms with E-state index in [1.165, 1.54) is 15.9 Å². The van der Waals surface area contributed by atoms with Crippen LogP contribution in [0.5, 0.6) is 0 Å². The molecule has 0 aliphatic heterocycles. The lowest BCUT2D eigenvalue weighted by Crippen LogP contribution is -2.37. The second-order valence-electron chi connectivity index (χ2n) is 7.48. The summed E-state index contributed by atoms with van der Waals surface area (Å²) < 4.78 is 1.80. The number of aryl methyl sites for hydroxylation is 1. The van der Waals surface area contributed by atoms with Gasteiger partial charge in [-0.25, -0.2) is 4.79 Å². The minimum absolute atomic E-state index is 0.0503. The summed E-state index contributed by atoms with van der Waals surface area (Å²) in [7, 11) is 0. The predicted octanol–water partition coefficient (Wildman–Crippen LogP) is 2.96. The summed E-state index contributed by atoms with van der Waals surface area (Å²) in [6, 6.07) is 5.95. The molecule has 1 aromatic carbocycles. The average molecular weight is 461 g/mol. The lowest BCUT2D eigenvalue weighted by molar-refractivity contribution is 0.102. The molecule has 4 N–H and O–H groups in total. The van der Waals surface area contributed by atoms with E-state index in [0.29, 0.717) is 16.0 Å². The van der Waals surface area contributed by atoms with Crippen LogP contribution in [-0.4, -0.2) is 31.3 Å². The highest BCUT2D eigenvalue weighted by atomic mass is 32.2. The first-order chi connectivity index (χ1) is 14.7. The van der Waals surface area contributed by atoms with Crippen LogP contribution in [0.4, 0.5) is 16.6 Å². The van der Waals surface area contributed by atoms with Crippen molar-refractivity contribution >= 4 is 45.5 Å². The van der Waals surface area contributed by atoms with Gasteiger partial charge in [0.05, 0.1) is 5.75 Å². The van der Waals surface area contributed by atoms with Gasteiger partial charge >= 0.3 is 5.69 Å². The standard InChI is InChI=1S/C20H24N6O3S2/c1-10(2)8-26-16(21)15(17(28)23-19(26)29)14(27)9-30-20-25-24-18(31-20)22-13-7-5-6-11(3)12(13)4/h5-7,10H,8-9,21H2,1-4H3,(H,22,24)(H,23,28,29). The van der Waals surface area contributed by atoms with E-state index in [4.69, 9.17) is 5.73 Å². The Balaban J connectivity index is 1.73. The maximum atomic E-state index is 12.7. The van der Waals surface area contributed by atoms with E-state index in [9.17, 15) is 14.4 Å². The number of Topliss-reactive ketones (excluding diaryl/α,β-unsaturated/α-hetero) is 1. The fourth-order valence-corrected chi connectivity index (χ4v) is 4.56. The first kappa shape index (κ1) is 22.8. The van der Waals surface area contributed by atoms with Crippen LogP contribution in [-0.2, 0) is 6.54 Å². The van der Waals surface area contributed by atoms with Crippen LogP contribution in [0.25, 0.3) is 0 Å². The topological polar surface area (TPSA) is 136 Å². The third-order valence-corrected chi connectivity index (χ3v) is 6.62. The van der Waals surface area contributed by atoms with Crippen molar-refractivity contribution in [2.24, 2.45) is 5.92 Å². The van der Waals surface area contributed by atoms with Gasteiger partial charge in [-0.1, -0.05) is 49.1 Å². The van der Waals surface area contributed by atoms with Crippen LogP contribution < -0.4 is 22.3 Å². The van der Waals surface area contributed by atoms with Crippen LogP contribution in [0.1, 0.15) is 35.3 Å². The molecule has 0 unspecified atom stereocenters. The number of nitrogens with zero attached hydrogens (tertiary/aromatic N) is 3. The third kappa shape index (κ3) is 5.23. The zero-order valence-corrected chi connectivity index (χ0v) is 19.3. The number of nitrogens with two attached hydrogens (primary N) is 1. The summed E-state index contributed by atoms with van der Waals surface area (Å²) in [6.07, 6.45) is 0. The molecule has 164 valence electrons. The Morgan fingerprint density at radius 3 is 2.74 bits per heavy atom. The second-order valence-corrected chi connectivity index (χ2v) is 9.68. The van der Waals surface area contributed by atoms with Crippen molar-refractivity contribution in [3.8, 4) is 0 Å². The van der Waals surface area contributed by atoms with Crippen molar-refractivity contribution in [2.75, 3.05) is 16.8 Å². The Morgan fingerprint density at radius 2 is 2.03 bits per heavy atom. The van der Waals surface area contributed by atoms with Crippen LogP contribution in [0.15, 0.2) is 32.1 Å². The smallest absolute Gasteiger partial charge is 0.329 e. The molecule has 0 aliphatic rings. The maximum Gasteiger partial charge on any atom is 0.329 e. The van der Waals surface area contributed by atoms with E-state index in [0.717, 1.165) is 28.6 Å². The first-order valence-electron chi connectivity index (χ1n) is 9.62. The van der Waals surface area contributed by atoms with Gasteiger partial charge in [0.15, 0.2) is 10.1 Å². The number of nitrogen functional groups attached to an aromatic ring is 1. The number of aromatic nitrogens is 4. The molecule has 0 amide bonds. The molecule has 3 rings (SSSR count). The summed E-state index contributed by atoms with van der Waals surface area (Å²) >= 11 is 2.47. The minimum Gasteiger partial charge on any atom is -0.384 e. The quantitative estimate of drug-likeness (QED) is 0.345. The Kier molecular flexibility index (Phi) is 6.96. The van der Waals surface area contributed by atoms with Crippen molar-refractivity contribution < 1.29 is 4.79 Å². The van der Waals surface area contributed by atoms with E-state index in [2.05, 4.69) is 20.5 Å². The van der Waals surface area contributed by atoms with Gasteiger partial charge in [-0.2, -0.15) is 0 Å². The van der Waals surface area contributed by atoms with Crippen LogP contribution in [0.2, 0.25) is 0 Å². The molecule has 0 fully saturated rings.